The Morgan fingerprint density at radius 1 is 1.06 bits per heavy atom. The van der Waals surface area contributed by atoms with E-state index >= 15 is 0 Å². The van der Waals surface area contributed by atoms with Gasteiger partial charge in [-0.05, 0) is 46.9 Å². The number of carbonyl (C=O) groups excluding carboxylic acids is 2. The SMILES string of the molecule is CCC[C@H](CC(=O)N1CC[C@@H]2C(C(=O)O)[C@@H]2C1)NC(=O)OCC1c2ccccc2-c2ccccc21. The van der Waals surface area contributed by atoms with Crippen molar-refractivity contribution < 1.29 is 24.2 Å². The van der Waals surface area contributed by atoms with E-state index < -0.39 is 12.1 Å². The van der Waals surface area contributed by atoms with Gasteiger partial charge in [0.25, 0.3) is 0 Å². The summed E-state index contributed by atoms with van der Waals surface area (Å²) in [6.07, 6.45) is 1.93. The fourth-order valence-electron chi connectivity index (χ4n) is 6.05. The lowest BCUT2D eigenvalue weighted by molar-refractivity contribution is -0.139. The van der Waals surface area contributed by atoms with E-state index in [1.54, 1.807) is 4.90 Å². The number of alkyl carbamates (subject to hydrolysis) is 1. The predicted molar refractivity (Wildman–Crippen MR) is 131 cm³/mol. The maximum Gasteiger partial charge on any atom is 0.407 e. The quantitative estimate of drug-likeness (QED) is 0.593. The molecule has 7 heteroatoms. The minimum Gasteiger partial charge on any atom is -0.481 e. The number of ether oxygens (including phenoxy) is 1. The van der Waals surface area contributed by atoms with Crippen LogP contribution < -0.4 is 5.32 Å². The topological polar surface area (TPSA) is 95.9 Å². The second-order valence-electron chi connectivity index (χ2n) is 9.98. The number of carboxylic acid groups (broad SMARTS) is 1. The summed E-state index contributed by atoms with van der Waals surface area (Å²) in [4.78, 5) is 38.7. The van der Waals surface area contributed by atoms with Gasteiger partial charge in [0.05, 0.1) is 5.92 Å². The molecule has 1 heterocycles. The molecule has 35 heavy (non-hydrogen) atoms. The molecule has 0 spiro atoms. The minimum absolute atomic E-state index is 0.0126. The van der Waals surface area contributed by atoms with Crippen molar-refractivity contribution in [2.75, 3.05) is 19.7 Å². The Morgan fingerprint density at radius 2 is 1.71 bits per heavy atom. The van der Waals surface area contributed by atoms with Crippen molar-refractivity contribution in [2.45, 2.75) is 44.6 Å². The Labute approximate surface area is 205 Å². The molecule has 2 amide bonds. The third kappa shape index (κ3) is 4.64. The van der Waals surface area contributed by atoms with Gasteiger partial charge in [-0.15, -0.1) is 0 Å². The van der Waals surface area contributed by atoms with Crippen LogP contribution in [0.5, 0.6) is 0 Å². The van der Waals surface area contributed by atoms with Crippen molar-refractivity contribution in [2.24, 2.45) is 17.8 Å². The van der Waals surface area contributed by atoms with E-state index in [9.17, 15) is 19.5 Å². The Morgan fingerprint density at radius 3 is 2.34 bits per heavy atom. The lowest BCUT2D eigenvalue weighted by Gasteiger charge is -2.28. The van der Waals surface area contributed by atoms with E-state index in [1.807, 2.05) is 31.2 Å². The van der Waals surface area contributed by atoms with Crippen molar-refractivity contribution in [1.82, 2.24) is 10.2 Å². The maximum atomic E-state index is 12.9. The summed E-state index contributed by atoms with van der Waals surface area (Å²) in [5, 5.41) is 12.2. The Bertz CT molecular complexity index is 1090. The van der Waals surface area contributed by atoms with Gasteiger partial charge in [0, 0.05) is 31.5 Å². The number of hydrogen-bond acceptors (Lipinski definition) is 4. The second-order valence-corrected chi connectivity index (χ2v) is 9.98. The van der Waals surface area contributed by atoms with Crippen molar-refractivity contribution in [1.29, 1.82) is 0 Å². The third-order valence-corrected chi connectivity index (χ3v) is 7.86. The van der Waals surface area contributed by atoms with Crippen LogP contribution in [0.15, 0.2) is 48.5 Å². The van der Waals surface area contributed by atoms with Crippen LogP contribution in [-0.4, -0.2) is 53.7 Å². The molecule has 2 aromatic rings. The third-order valence-electron chi connectivity index (χ3n) is 7.86. The van der Waals surface area contributed by atoms with E-state index in [2.05, 4.69) is 29.6 Å². The number of amides is 2. The van der Waals surface area contributed by atoms with Gasteiger partial charge < -0.3 is 20.1 Å². The summed E-state index contributed by atoms with van der Waals surface area (Å²) in [6.45, 7) is 3.35. The van der Waals surface area contributed by atoms with Gasteiger partial charge in [-0.3, -0.25) is 9.59 Å². The molecule has 7 nitrogen and oxygen atoms in total. The van der Waals surface area contributed by atoms with Crippen LogP contribution in [0.4, 0.5) is 4.79 Å². The molecule has 0 radical (unpaired) electrons. The van der Waals surface area contributed by atoms with Gasteiger partial charge in [-0.1, -0.05) is 61.9 Å². The van der Waals surface area contributed by atoms with Crippen molar-refractivity contribution >= 4 is 18.0 Å². The number of fused-ring (bicyclic) bond motifs is 4. The molecule has 2 fully saturated rings. The molecule has 5 rings (SSSR count). The van der Waals surface area contributed by atoms with Crippen LogP contribution in [0.3, 0.4) is 0 Å². The molecular weight excluding hydrogens is 444 g/mol. The lowest BCUT2D eigenvalue weighted by atomic mass is 9.98. The average Bonchev–Trinajstić information content (AvgIpc) is 3.50. The molecule has 1 aliphatic heterocycles. The fourth-order valence-corrected chi connectivity index (χ4v) is 6.05. The van der Waals surface area contributed by atoms with Crippen LogP contribution in [0.2, 0.25) is 0 Å². The zero-order chi connectivity index (χ0) is 24.5. The van der Waals surface area contributed by atoms with Crippen LogP contribution in [-0.2, 0) is 14.3 Å². The lowest BCUT2D eigenvalue weighted by Crippen LogP contribution is -2.43. The molecule has 1 saturated carbocycles. The van der Waals surface area contributed by atoms with Crippen LogP contribution in [0.25, 0.3) is 11.1 Å². The zero-order valence-corrected chi connectivity index (χ0v) is 20.0. The highest BCUT2D eigenvalue weighted by atomic mass is 16.5. The number of piperidine rings is 1. The van der Waals surface area contributed by atoms with E-state index in [-0.39, 0.29) is 48.6 Å². The predicted octanol–water partition coefficient (Wildman–Crippen LogP) is 4.26. The average molecular weight is 477 g/mol. The highest BCUT2D eigenvalue weighted by Crippen LogP contribution is 2.51. The first-order valence-electron chi connectivity index (χ1n) is 12.6. The molecule has 2 aromatic carbocycles. The number of rotatable bonds is 8. The van der Waals surface area contributed by atoms with Crippen molar-refractivity contribution in [3.8, 4) is 11.1 Å². The minimum atomic E-state index is -0.755. The first-order chi connectivity index (χ1) is 17.0. The highest BCUT2D eigenvalue weighted by molar-refractivity contribution is 5.80. The van der Waals surface area contributed by atoms with Crippen LogP contribution >= 0.6 is 0 Å². The summed E-state index contributed by atoms with van der Waals surface area (Å²) < 4.78 is 5.67. The number of nitrogens with one attached hydrogen (secondary N) is 1. The molecule has 0 aromatic heterocycles. The Kier molecular flexibility index (Phi) is 6.50. The molecule has 1 saturated heterocycles. The van der Waals surface area contributed by atoms with E-state index in [0.29, 0.717) is 19.5 Å². The number of aliphatic carboxylic acids is 1. The summed E-state index contributed by atoms with van der Waals surface area (Å²) in [6, 6.07) is 16.1. The summed E-state index contributed by atoms with van der Waals surface area (Å²) >= 11 is 0. The number of carboxylic acids is 1. The maximum absolute atomic E-state index is 12.9. The van der Waals surface area contributed by atoms with Crippen molar-refractivity contribution in [3.05, 3.63) is 59.7 Å². The molecule has 2 aliphatic carbocycles. The monoisotopic (exact) mass is 476 g/mol. The molecule has 3 aliphatic rings. The Hall–Kier alpha value is -3.35. The summed E-state index contributed by atoms with van der Waals surface area (Å²) in [7, 11) is 0. The van der Waals surface area contributed by atoms with Gasteiger partial charge in [0.15, 0.2) is 0 Å². The number of nitrogens with zero attached hydrogens (tertiary/aromatic N) is 1. The van der Waals surface area contributed by atoms with Crippen molar-refractivity contribution in [3.63, 3.8) is 0 Å². The summed E-state index contributed by atoms with van der Waals surface area (Å²) in [5.74, 6) is -0.821. The van der Waals surface area contributed by atoms with Crippen LogP contribution in [0, 0.1) is 17.8 Å². The normalized spacial score (nSPS) is 23.0. The van der Waals surface area contributed by atoms with E-state index in [1.165, 1.54) is 11.1 Å². The number of hydrogen-bond donors (Lipinski definition) is 2. The molecule has 184 valence electrons. The second kappa shape index (κ2) is 9.72. The molecule has 2 N–H and O–H groups in total. The highest BCUT2D eigenvalue weighted by Gasteiger charge is 2.57. The van der Waals surface area contributed by atoms with Crippen LogP contribution in [0.1, 0.15) is 49.7 Å². The molecule has 1 unspecified atom stereocenters. The molecule has 0 bridgehead atoms. The first kappa shape index (κ1) is 23.4. The van der Waals surface area contributed by atoms with Gasteiger partial charge in [-0.2, -0.15) is 0 Å². The number of likely N-dealkylation sites (tertiary alicyclic amines) is 1. The molecule has 4 atom stereocenters. The molecular formula is C28H32N2O5. The first-order valence-corrected chi connectivity index (χ1v) is 12.6. The summed E-state index contributed by atoms with van der Waals surface area (Å²) in [5.41, 5.74) is 4.67. The Balaban J connectivity index is 1.16. The van der Waals surface area contributed by atoms with Gasteiger partial charge in [0.2, 0.25) is 5.91 Å². The number of benzene rings is 2. The largest absolute Gasteiger partial charge is 0.481 e. The number of carbonyl (C=O) groups is 3. The van der Waals surface area contributed by atoms with E-state index in [0.717, 1.165) is 24.0 Å². The zero-order valence-electron chi connectivity index (χ0n) is 20.0. The smallest absolute Gasteiger partial charge is 0.407 e. The standard InChI is InChI=1S/C28H32N2O5/c1-2-7-17(14-25(31)30-13-12-22-23(15-30)26(22)27(32)33)29-28(34)35-16-24-20-10-5-3-8-18(20)19-9-4-6-11-21(19)24/h3-6,8-11,17,22-24,26H,2,7,12-16H2,1H3,(H,29,34)(H,32,33)/t17-,22+,23-,26?/m1/s1. The van der Waals surface area contributed by atoms with Gasteiger partial charge >= 0.3 is 12.1 Å². The van der Waals surface area contributed by atoms with E-state index in [4.69, 9.17) is 4.74 Å². The van der Waals surface area contributed by atoms with Gasteiger partial charge in [0.1, 0.15) is 6.61 Å². The fraction of sp³-hybridized carbons (Fsp3) is 0.464. The van der Waals surface area contributed by atoms with Gasteiger partial charge in [-0.25, -0.2) is 4.79 Å².